The Kier molecular flexibility index (Phi) is 3.53. The molecule has 0 saturated carbocycles. The van der Waals surface area contributed by atoms with Crippen LogP contribution in [-0.4, -0.2) is 42.2 Å². The summed E-state index contributed by atoms with van der Waals surface area (Å²) in [6, 6.07) is -0.300. The molecule has 0 bridgehead atoms. The number of thioether (sulfide) groups is 1. The minimum absolute atomic E-state index is 0.0729. The molecule has 1 aromatic heterocycles. The Morgan fingerprint density at radius 2 is 2.32 bits per heavy atom. The fraction of sp³-hybridized carbons (Fsp3) is 0.636. The smallest absolute Gasteiger partial charge is 0.325 e. The van der Waals surface area contributed by atoms with Crippen LogP contribution in [0.1, 0.15) is 31.5 Å². The van der Waals surface area contributed by atoms with Crippen molar-refractivity contribution >= 4 is 23.6 Å². The van der Waals surface area contributed by atoms with Gasteiger partial charge in [0.2, 0.25) is 5.91 Å². The van der Waals surface area contributed by atoms with Gasteiger partial charge in [0.25, 0.3) is 0 Å². The van der Waals surface area contributed by atoms with E-state index in [4.69, 9.17) is 5.11 Å². The number of nitrogens with zero attached hydrogens (tertiary/aromatic N) is 3. The van der Waals surface area contributed by atoms with E-state index in [1.54, 1.807) is 6.92 Å². The first-order valence-electron chi connectivity index (χ1n) is 5.87. The molecule has 0 aliphatic carbocycles. The number of nitrogens with one attached hydrogen (secondary N) is 1. The lowest BCUT2D eigenvalue weighted by atomic mass is 10.1. The van der Waals surface area contributed by atoms with Crippen LogP contribution in [0.5, 0.6) is 0 Å². The van der Waals surface area contributed by atoms with Gasteiger partial charge in [0.05, 0.1) is 10.8 Å². The summed E-state index contributed by atoms with van der Waals surface area (Å²) < 4.78 is 0.866. The number of hydrogen-bond acceptors (Lipinski definition) is 5. The third kappa shape index (κ3) is 2.89. The first kappa shape index (κ1) is 13.9. The van der Waals surface area contributed by atoms with E-state index >= 15 is 0 Å². The summed E-state index contributed by atoms with van der Waals surface area (Å²) in [5.74, 6) is 0.588. The van der Waals surface area contributed by atoms with Gasteiger partial charge in [-0.15, -0.1) is 11.8 Å². The number of carboxylic acids is 1. The fourth-order valence-electron chi connectivity index (χ4n) is 1.84. The molecular weight excluding hydrogens is 268 g/mol. The van der Waals surface area contributed by atoms with Crippen molar-refractivity contribution in [2.24, 2.45) is 0 Å². The van der Waals surface area contributed by atoms with Gasteiger partial charge in [0.1, 0.15) is 12.4 Å². The predicted molar refractivity (Wildman–Crippen MR) is 69.8 cm³/mol. The number of carboxylic acid groups (broad SMARTS) is 1. The molecule has 2 N–H and O–H groups in total. The van der Waals surface area contributed by atoms with Crippen LogP contribution in [0.3, 0.4) is 0 Å². The first-order chi connectivity index (χ1) is 8.79. The molecule has 1 amide bonds. The second-order valence-corrected chi connectivity index (χ2v) is 6.56. The highest BCUT2D eigenvalue weighted by atomic mass is 32.2. The molecule has 1 atom stereocenters. The van der Waals surface area contributed by atoms with Crippen molar-refractivity contribution in [2.45, 2.75) is 38.1 Å². The van der Waals surface area contributed by atoms with E-state index in [2.05, 4.69) is 15.4 Å². The Morgan fingerprint density at radius 3 is 2.89 bits per heavy atom. The van der Waals surface area contributed by atoms with Crippen molar-refractivity contribution in [1.82, 2.24) is 20.1 Å². The van der Waals surface area contributed by atoms with Crippen LogP contribution in [0.25, 0.3) is 0 Å². The van der Waals surface area contributed by atoms with Crippen molar-refractivity contribution in [3.05, 3.63) is 11.6 Å². The maximum atomic E-state index is 11.9. The predicted octanol–water partition coefficient (Wildman–Crippen LogP) is 0.354. The van der Waals surface area contributed by atoms with Crippen LogP contribution in [0.2, 0.25) is 0 Å². The molecule has 1 aliphatic rings. The van der Waals surface area contributed by atoms with Crippen LogP contribution in [0.4, 0.5) is 0 Å². The molecule has 7 nitrogen and oxygen atoms in total. The highest BCUT2D eigenvalue weighted by Gasteiger charge is 2.37. The third-order valence-electron chi connectivity index (χ3n) is 2.87. The van der Waals surface area contributed by atoms with Crippen molar-refractivity contribution in [3.63, 3.8) is 0 Å². The van der Waals surface area contributed by atoms with E-state index in [9.17, 15) is 9.59 Å². The lowest BCUT2D eigenvalue weighted by molar-refractivity contribution is -0.137. The number of aliphatic carboxylic acids is 1. The Labute approximate surface area is 114 Å². The molecular formula is C11H16N4O3S. The van der Waals surface area contributed by atoms with Gasteiger partial charge in [-0.2, -0.15) is 5.10 Å². The largest absolute Gasteiger partial charge is 0.480 e. The summed E-state index contributed by atoms with van der Waals surface area (Å²) in [7, 11) is 0. The number of aryl methyl sites for hydroxylation is 1. The molecule has 104 valence electrons. The number of rotatable bonds is 3. The number of amides is 1. The highest BCUT2D eigenvalue weighted by molar-refractivity contribution is 8.01. The van der Waals surface area contributed by atoms with Crippen LogP contribution in [0.15, 0.2) is 0 Å². The Bertz CT molecular complexity index is 526. The van der Waals surface area contributed by atoms with E-state index in [1.807, 2.05) is 13.8 Å². The summed E-state index contributed by atoms with van der Waals surface area (Å²) in [5.41, 5.74) is 0. The normalized spacial score (nSPS) is 22.1. The van der Waals surface area contributed by atoms with Crippen molar-refractivity contribution in [1.29, 1.82) is 0 Å². The standard InChI is InChI=1S/C11H16N4O3S/c1-6-12-9(15(14-6)4-8(16)17)7-5-19-11(2,3)10(18)13-7/h7H,4-5H2,1-3H3,(H,13,18)(H,16,17). The molecule has 1 fully saturated rings. The van der Waals surface area contributed by atoms with E-state index in [0.29, 0.717) is 17.4 Å². The molecule has 0 radical (unpaired) electrons. The first-order valence-corrected chi connectivity index (χ1v) is 6.86. The maximum Gasteiger partial charge on any atom is 0.325 e. The van der Waals surface area contributed by atoms with E-state index < -0.39 is 10.7 Å². The van der Waals surface area contributed by atoms with Crippen molar-refractivity contribution < 1.29 is 14.7 Å². The molecule has 0 aromatic carbocycles. The summed E-state index contributed by atoms with van der Waals surface area (Å²) in [6.45, 7) is 5.16. The summed E-state index contributed by atoms with van der Waals surface area (Å²) in [4.78, 5) is 27.0. The third-order valence-corrected chi connectivity index (χ3v) is 4.27. The highest BCUT2D eigenvalue weighted by Crippen LogP contribution is 2.33. The van der Waals surface area contributed by atoms with Gasteiger partial charge in [0, 0.05) is 5.75 Å². The van der Waals surface area contributed by atoms with E-state index in [0.717, 1.165) is 0 Å². The minimum atomic E-state index is -0.985. The molecule has 2 heterocycles. The van der Waals surface area contributed by atoms with Gasteiger partial charge >= 0.3 is 5.97 Å². The van der Waals surface area contributed by atoms with Gasteiger partial charge in [-0.1, -0.05) is 0 Å². The quantitative estimate of drug-likeness (QED) is 0.831. The van der Waals surface area contributed by atoms with E-state index in [1.165, 1.54) is 16.4 Å². The topological polar surface area (TPSA) is 97.1 Å². The zero-order chi connectivity index (χ0) is 14.2. The number of carbonyl (C=O) groups is 2. The number of hydrogen-bond donors (Lipinski definition) is 2. The lowest BCUT2D eigenvalue weighted by Gasteiger charge is -2.33. The van der Waals surface area contributed by atoms with Gasteiger partial charge in [-0.25, -0.2) is 9.67 Å². The molecule has 2 rings (SSSR count). The Hall–Kier alpha value is -1.57. The molecule has 1 unspecified atom stereocenters. The van der Waals surface area contributed by atoms with Gasteiger partial charge in [-0.05, 0) is 20.8 Å². The summed E-state index contributed by atoms with van der Waals surface area (Å²) >= 11 is 1.53. The number of aromatic nitrogens is 3. The number of carbonyl (C=O) groups excluding carboxylic acids is 1. The van der Waals surface area contributed by atoms with Crippen LogP contribution >= 0.6 is 11.8 Å². The Balaban J connectivity index is 2.23. The maximum absolute atomic E-state index is 11.9. The molecule has 0 spiro atoms. The van der Waals surface area contributed by atoms with E-state index in [-0.39, 0.29) is 18.5 Å². The monoisotopic (exact) mass is 284 g/mol. The van der Waals surface area contributed by atoms with Crippen molar-refractivity contribution in [2.75, 3.05) is 5.75 Å². The summed E-state index contributed by atoms with van der Waals surface area (Å²) in [6.07, 6.45) is 0. The molecule has 1 saturated heterocycles. The SMILES string of the molecule is Cc1nc(C2CSC(C)(C)C(=O)N2)n(CC(=O)O)n1. The van der Waals surface area contributed by atoms with Crippen molar-refractivity contribution in [3.8, 4) is 0 Å². The second kappa shape index (κ2) is 4.84. The zero-order valence-corrected chi connectivity index (χ0v) is 11.8. The van der Waals surface area contributed by atoms with Crippen LogP contribution in [-0.2, 0) is 16.1 Å². The van der Waals surface area contributed by atoms with Gasteiger partial charge < -0.3 is 10.4 Å². The average Bonchev–Trinajstić information content (AvgIpc) is 2.62. The fourth-order valence-corrected chi connectivity index (χ4v) is 2.85. The van der Waals surface area contributed by atoms with Gasteiger partial charge in [0.15, 0.2) is 5.82 Å². The lowest BCUT2D eigenvalue weighted by Crippen LogP contribution is -2.48. The molecule has 8 heteroatoms. The molecule has 1 aliphatic heterocycles. The molecule has 1 aromatic rings. The van der Waals surface area contributed by atoms with Gasteiger partial charge in [-0.3, -0.25) is 9.59 Å². The van der Waals surface area contributed by atoms with Crippen LogP contribution in [0, 0.1) is 6.92 Å². The second-order valence-electron chi connectivity index (χ2n) is 4.92. The Morgan fingerprint density at radius 1 is 1.63 bits per heavy atom. The molecule has 19 heavy (non-hydrogen) atoms. The minimum Gasteiger partial charge on any atom is -0.480 e. The van der Waals surface area contributed by atoms with Crippen LogP contribution < -0.4 is 5.32 Å². The summed E-state index contributed by atoms with van der Waals surface area (Å²) in [5, 5.41) is 15.8. The average molecular weight is 284 g/mol. The zero-order valence-electron chi connectivity index (χ0n) is 11.0.